The Hall–Kier alpha value is -0.380. The maximum atomic E-state index is 10.4. The Kier molecular flexibility index (Phi) is 2.18. The lowest BCUT2D eigenvalue weighted by Gasteiger charge is -2.26. The van der Waals surface area contributed by atoms with Gasteiger partial charge in [-0.3, -0.25) is 0 Å². The van der Waals surface area contributed by atoms with Crippen LogP contribution in [0, 0.1) is 12.8 Å². The van der Waals surface area contributed by atoms with Crippen molar-refractivity contribution in [1.29, 1.82) is 0 Å². The summed E-state index contributed by atoms with van der Waals surface area (Å²) in [5.74, 6) is 0.394. The van der Waals surface area contributed by atoms with Gasteiger partial charge in [0, 0.05) is 11.4 Å². The van der Waals surface area contributed by atoms with Crippen molar-refractivity contribution in [3.05, 3.63) is 21.9 Å². The van der Waals surface area contributed by atoms with Crippen LogP contribution in [0.3, 0.4) is 0 Å². The molecule has 2 rings (SSSR count). The van der Waals surface area contributed by atoms with Gasteiger partial charge in [-0.2, -0.15) is 0 Å². The smallest absolute Gasteiger partial charge is 0.106 e. The van der Waals surface area contributed by atoms with Gasteiger partial charge >= 0.3 is 0 Å². The van der Waals surface area contributed by atoms with Crippen LogP contribution in [0.5, 0.6) is 0 Å². The predicted octanol–water partition coefficient (Wildman–Crippen LogP) is 1.61. The molecule has 0 aliphatic heterocycles. The summed E-state index contributed by atoms with van der Waals surface area (Å²) in [7, 11) is 0. The van der Waals surface area contributed by atoms with E-state index in [9.17, 15) is 5.11 Å². The Labute approximate surface area is 82.4 Å². The normalized spacial score (nSPS) is 21.5. The summed E-state index contributed by atoms with van der Waals surface area (Å²) in [6.07, 6.45) is 2.23. The van der Waals surface area contributed by atoms with Crippen LogP contribution < -0.4 is 5.73 Å². The number of hydrogen-bond donors (Lipinski definition) is 2. The Morgan fingerprint density at radius 2 is 2.38 bits per heavy atom. The summed E-state index contributed by atoms with van der Waals surface area (Å²) in [5, 5.41) is 12.4. The molecular weight excluding hydrogens is 182 g/mol. The van der Waals surface area contributed by atoms with Gasteiger partial charge in [-0.25, -0.2) is 0 Å². The molecule has 0 bridgehead atoms. The summed E-state index contributed by atoms with van der Waals surface area (Å²) >= 11 is 1.68. The van der Waals surface area contributed by atoms with Gasteiger partial charge in [0.05, 0.1) is 0 Å². The molecule has 0 amide bonds. The van der Waals surface area contributed by atoms with Crippen molar-refractivity contribution in [1.82, 2.24) is 0 Å². The highest BCUT2D eigenvalue weighted by atomic mass is 32.1. The molecule has 0 spiro atoms. The third-order valence-corrected chi connectivity index (χ3v) is 3.73. The highest BCUT2D eigenvalue weighted by Crippen LogP contribution is 2.46. The molecule has 3 N–H and O–H groups in total. The van der Waals surface area contributed by atoms with Gasteiger partial charge in [0.2, 0.25) is 0 Å². The first-order valence-electron chi connectivity index (χ1n) is 4.65. The third-order valence-electron chi connectivity index (χ3n) is 2.89. The van der Waals surface area contributed by atoms with Crippen molar-refractivity contribution >= 4 is 11.3 Å². The molecule has 1 heterocycles. The van der Waals surface area contributed by atoms with E-state index >= 15 is 0 Å². The van der Waals surface area contributed by atoms with Crippen molar-refractivity contribution in [3.63, 3.8) is 0 Å². The summed E-state index contributed by atoms with van der Waals surface area (Å²) in [4.78, 5) is 1.19. The summed E-state index contributed by atoms with van der Waals surface area (Å²) in [5.41, 5.74) is 5.96. The van der Waals surface area contributed by atoms with Gasteiger partial charge in [-0.15, -0.1) is 11.3 Å². The minimum absolute atomic E-state index is 0.342. The minimum Gasteiger partial charge on any atom is -0.384 e. The van der Waals surface area contributed by atoms with Crippen molar-refractivity contribution in [2.45, 2.75) is 25.4 Å². The molecule has 13 heavy (non-hydrogen) atoms. The van der Waals surface area contributed by atoms with E-state index in [1.807, 2.05) is 18.4 Å². The van der Waals surface area contributed by atoms with E-state index in [2.05, 4.69) is 0 Å². The van der Waals surface area contributed by atoms with E-state index in [0.29, 0.717) is 12.5 Å². The molecule has 1 unspecified atom stereocenters. The fourth-order valence-corrected chi connectivity index (χ4v) is 2.67. The van der Waals surface area contributed by atoms with E-state index in [-0.39, 0.29) is 0 Å². The van der Waals surface area contributed by atoms with E-state index in [1.54, 1.807) is 11.3 Å². The summed E-state index contributed by atoms with van der Waals surface area (Å²) in [6, 6.07) is 2.01. The van der Waals surface area contributed by atoms with Crippen LogP contribution in [0.4, 0.5) is 0 Å². The molecule has 1 atom stereocenters. The van der Waals surface area contributed by atoms with E-state index in [1.165, 1.54) is 4.88 Å². The predicted molar refractivity (Wildman–Crippen MR) is 54.7 cm³/mol. The molecule has 1 aromatic rings. The van der Waals surface area contributed by atoms with Gasteiger partial charge in [0.1, 0.15) is 5.60 Å². The lowest BCUT2D eigenvalue weighted by Crippen LogP contribution is -2.37. The molecule has 1 aromatic heterocycles. The first-order valence-corrected chi connectivity index (χ1v) is 5.53. The van der Waals surface area contributed by atoms with Crippen LogP contribution in [0.15, 0.2) is 11.4 Å². The first-order chi connectivity index (χ1) is 6.18. The summed E-state index contributed by atoms with van der Waals surface area (Å²) in [6.45, 7) is 2.39. The molecule has 3 heteroatoms. The number of rotatable bonds is 3. The third kappa shape index (κ3) is 1.41. The van der Waals surface area contributed by atoms with E-state index < -0.39 is 5.60 Å². The van der Waals surface area contributed by atoms with Crippen molar-refractivity contribution in [2.24, 2.45) is 11.7 Å². The maximum absolute atomic E-state index is 10.4. The van der Waals surface area contributed by atoms with Crippen molar-refractivity contribution in [3.8, 4) is 0 Å². The molecule has 0 radical (unpaired) electrons. The van der Waals surface area contributed by atoms with E-state index in [4.69, 9.17) is 5.73 Å². The SMILES string of the molecule is Cc1sccc1C(O)(CN)C1CC1. The quantitative estimate of drug-likeness (QED) is 0.773. The Bertz CT molecular complexity index is 306. The Morgan fingerprint density at radius 1 is 1.69 bits per heavy atom. The Morgan fingerprint density at radius 3 is 2.77 bits per heavy atom. The molecule has 0 saturated heterocycles. The monoisotopic (exact) mass is 197 g/mol. The van der Waals surface area contributed by atoms with Gasteiger partial charge < -0.3 is 10.8 Å². The number of aliphatic hydroxyl groups is 1. The standard InChI is InChI=1S/C10H15NOS/c1-7-9(4-5-13-7)10(12,6-11)8-2-3-8/h4-5,8,12H,2-3,6,11H2,1H3. The van der Waals surface area contributed by atoms with Crippen LogP contribution in [0.25, 0.3) is 0 Å². The second kappa shape index (κ2) is 3.08. The number of aryl methyl sites for hydroxylation is 1. The van der Waals surface area contributed by atoms with Crippen molar-refractivity contribution < 1.29 is 5.11 Å². The second-order valence-corrected chi connectivity index (χ2v) is 4.91. The average Bonchev–Trinajstić information content (AvgIpc) is 2.89. The fourth-order valence-electron chi connectivity index (χ4n) is 1.89. The van der Waals surface area contributed by atoms with E-state index in [0.717, 1.165) is 18.4 Å². The average molecular weight is 197 g/mol. The Balaban J connectivity index is 2.35. The lowest BCUT2D eigenvalue weighted by atomic mass is 9.89. The van der Waals surface area contributed by atoms with Crippen molar-refractivity contribution in [2.75, 3.05) is 6.54 Å². The van der Waals surface area contributed by atoms with Gasteiger partial charge in [0.15, 0.2) is 0 Å². The van der Waals surface area contributed by atoms with Gasteiger partial charge in [-0.1, -0.05) is 0 Å². The minimum atomic E-state index is -0.746. The molecule has 1 aliphatic carbocycles. The second-order valence-electron chi connectivity index (χ2n) is 3.79. The molecule has 0 aromatic carbocycles. The molecule has 1 fully saturated rings. The van der Waals surface area contributed by atoms with Crippen LogP contribution >= 0.6 is 11.3 Å². The van der Waals surface area contributed by atoms with Crippen LogP contribution in [-0.4, -0.2) is 11.7 Å². The largest absolute Gasteiger partial charge is 0.384 e. The first kappa shape index (κ1) is 9.19. The van der Waals surface area contributed by atoms with Gasteiger partial charge in [0.25, 0.3) is 0 Å². The number of nitrogens with two attached hydrogens (primary N) is 1. The molecule has 1 aliphatic rings. The zero-order valence-electron chi connectivity index (χ0n) is 7.79. The number of thiophene rings is 1. The zero-order valence-corrected chi connectivity index (χ0v) is 8.60. The lowest BCUT2D eigenvalue weighted by molar-refractivity contribution is 0.0221. The van der Waals surface area contributed by atoms with Crippen LogP contribution in [0.2, 0.25) is 0 Å². The maximum Gasteiger partial charge on any atom is 0.106 e. The zero-order chi connectivity index (χ0) is 9.47. The molecule has 1 saturated carbocycles. The molecule has 2 nitrogen and oxygen atoms in total. The highest BCUT2D eigenvalue weighted by molar-refractivity contribution is 7.10. The topological polar surface area (TPSA) is 46.2 Å². The van der Waals surface area contributed by atoms with Gasteiger partial charge in [-0.05, 0) is 42.7 Å². The fraction of sp³-hybridized carbons (Fsp3) is 0.600. The van der Waals surface area contributed by atoms with Crippen LogP contribution in [-0.2, 0) is 5.60 Å². The summed E-state index contributed by atoms with van der Waals surface area (Å²) < 4.78 is 0. The highest BCUT2D eigenvalue weighted by Gasteiger charge is 2.44. The molecular formula is C10H15NOS. The molecule has 72 valence electrons. The number of hydrogen-bond acceptors (Lipinski definition) is 3. The van der Waals surface area contributed by atoms with Crippen LogP contribution in [0.1, 0.15) is 23.3 Å².